The summed E-state index contributed by atoms with van der Waals surface area (Å²) in [6.45, 7) is 1.11. The molecule has 5 rings (SSSR count). The first kappa shape index (κ1) is 21.7. The molecule has 1 aromatic carbocycles. The molecule has 0 saturated heterocycles. The highest BCUT2D eigenvalue weighted by Gasteiger charge is 2.20. The Morgan fingerprint density at radius 3 is 2.82 bits per heavy atom. The summed E-state index contributed by atoms with van der Waals surface area (Å²) in [5, 5.41) is 12.5. The summed E-state index contributed by atoms with van der Waals surface area (Å²) in [7, 11) is 3.70. The van der Waals surface area contributed by atoms with Gasteiger partial charge in [-0.05, 0) is 26.2 Å². The highest BCUT2D eigenvalue weighted by molar-refractivity contribution is 5.76. The highest BCUT2D eigenvalue weighted by Crippen LogP contribution is 2.31. The Morgan fingerprint density at radius 1 is 1.21 bits per heavy atom. The number of hydrogen-bond donors (Lipinski definition) is 1. The highest BCUT2D eigenvalue weighted by atomic mass is 19.1. The Morgan fingerprint density at radius 2 is 2.06 bits per heavy atom. The van der Waals surface area contributed by atoms with Gasteiger partial charge in [0.1, 0.15) is 23.5 Å². The molecule has 1 aliphatic rings. The number of rotatable bonds is 6. The number of aromatic nitrogens is 4. The number of imidazole rings is 1. The lowest BCUT2D eigenvalue weighted by Crippen LogP contribution is -2.12. The Labute approximate surface area is 194 Å². The number of benzene rings is 1. The standard InChI is InChI=1S/C24H21F2N7O/c1-32(2)12-14-9-28-21(7-20(14)26)18-11-30-24(33-13-15(8-27)31-23(18)33)29-10-17-16-5-6-34-22(16)4-3-19(17)25/h3-4,7,9,11,13H,5-6,10,12H2,1-2H3,(H,29,30). The number of nitrogens with one attached hydrogen (secondary N) is 1. The van der Waals surface area contributed by atoms with Crippen molar-refractivity contribution in [3.05, 3.63) is 70.8 Å². The van der Waals surface area contributed by atoms with E-state index in [1.165, 1.54) is 30.7 Å². The van der Waals surface area contributed by atoms with Gasteiger partial charge in [-0.1, -0.05) is 0 Å². The average molecular weight is 461 g/mol. The quantitative estimate of drug-likeness (QED) is 0.470. The van der Waals surface area contributed by atoms with Crippen molar-refractivity contribution in [3.8, 4) is 23.1 Å². The van der Waals surface area contributed by atoms with E-state index in [1.807, 2.05) is 25.1 Å². The molecule has 10 heteroatoms. The molecule has 0 aliphatic carbocycles. The van der Waals surface area contributed by atoms with Crippen LogP contribution in [0.5, 0.6) is 5.75 Å². The molecule has 4 aromatic rings. The number of anilines is 1. The Bertz CT molecular complexity index is 1440. The van der Waals surface area contributed by atoms with Crippen LogP contribution < -0.4 is 10.1 Å². The fourth-order valence-corrected chi connectivity index (χ4v) is 4.08. The third-order valence-corrected chi connectivity index (χ3v) is 5.66. The van der Waals surface area contributed by atoms with Gasteiger partial charge in [-0.15, -0.1) is 0 Å². The van der Waals surface area contributed by atoms with Crippen molar-refractivity contribution in [2.45, 2.75) is 19.5 Å². The molecule has 172 valence electrons. The molecular formula is C24H21F2N7O. The molecule has 0 atom stereocenters. The van der Waals surface area contributed by atoms with Crippen LogP contribution in [-0.2, 0) is 19.5 Å². The molecule has 34 heavy (non-hydrogen) atoms. The average Bonchev–Trinajstić information content (AvgIpc) is 3.46. The molecule has 1 aliphatic heterocycles. The fraction of sp³-hybridized carbons (Fsp3) is 0.250. The predicted molar refractivity (Wildman–Crippen MR) is 121 cm³/mol. The largest absolute Gasteiger partial charge is 0.493 e. The number of nitrogens with zero attached hydrogens (tertiary/aromatic N) is 6. The number of nitriles is 1. The van der Waals surface area contributed by atoms with Crippen LogP contribution in [0, 0.1) is 23.0 Å². The summed E-state index contributed by atoms with van der Waals surface area (Å²) in [5.41, 5.74) is 3.20. The van der Waals surface area contributed by atoms with E-state index in [0.717, 1.165) is 5.56 Å². The minimum absolute atomic E-state index is 0.169. The number of pyridine rings is 1. The molecule has 0 saturated carbocycles. The second kappa shape index (κ2) is 8.68. The zero-order valence-electron chi connectivity index (χ0n) is 18.6. The Hall–Kier alpha value is -4.10. The summed E-state index contributed by atoms with van der Waals surface area (Å²) in [5.74, 6) is 0.340. The van der Waals surface area contributed by atoms with E-state index in [9.17, 15) is 14.0 Å². The lowest BCUT2D eigenvalue weighted by Gasteiger charge is -2.13. The van der Waals surface area contributed by atoms with Crippen molar-refractivity contribution in [1.82, 2.24) is 24.3 Å². The molecule has 0 spiro atoms. The number of halogens is 2. The van der Waals surface area contributed by atoms with Crippen LogP contribution in [0.4, 0.5) is 14.7 Å². The minimum atomic E-state index is -0.387. The number of ether oxygens (including phenoxy) is 1. The van der Waals surface area contributed by atoms with E-state index in [1.54, 1.807) is 10.5 Å². The maximum Gasteiger partial charge on any atom is 0.208 e. The van der Waals surface area contributed by atoms with E-state index in [4.69, 9.17) is 4.74 Å². The zero-order chi connectivity index (χ0) is 23.8. The van der Waals surface area contributed by atoms with Gasteiger partial charge >= 0.3 is 0 Å². The molecule has 0 fully saturated rings. The van der Waals surface area contributed by atoms with E-state index in [2.05, 4.69) is 20.3 Å². The van der Waals surface area contributed by atoms with Crippen molar-refractivity contribution in [2.75, 3.05) is 26.0 Å². The van der Waals surface area contributed by atoms with Gasteiger partial charge in [-0.25, -0.2) is 18.7 Å². The smallest absolute Gasteiger partial charge is 0.208 e. The van der Waals surface area contributed by atoms with Gasteiger partial charge in [-0.2, -0.15) is 5.26 Å². The second-order valence-electron chi connectivity index (χ2n) is 8.28. The van der Waals surface area contributed by atoms with Gasteiger partial charge in [-0.3, -0.25) is 9.38 Å². The van der Waals surface area contributed by atoms with Gasteiger partial charge in [0.05, 0.1) is 24.1 Å². The van der Waals surface area contributed by atoms with Crippen molar-refractivity contribution >= 4 is 11.6 Å². The molecular weight excluding hydrogens is 440 g/mol. The SMILES string of the molecule is CN(C)Cc1cnc(-c2cnc(NCc3c(F)ccc4c3CCO4)n3cc(C#N)nc23)cc1F. The van der Waals surface area contributed by atoms with Crippen molar-refractivity contribution in [1.29, 1.82) is 5.26 Å². The molecule has 4 heterocycles. The molecule has 3 aromatic heterocycles. The zero-order valence-corrected chi connectivity index (χ0v) is 18.6. The lowest BCUT2D eigenvalue weighted by atomic mass is 10.0. The van der Waals surface area contributed by atoms with E-state index in [-0.39, 0.29) is 23.9 Å². The molecule has 8 nitrogen and oxygen atoms in total. The predicted octanol–water partition coefficient (Wildman–Crippen LogP) is 3.55. The molecule has 0 unspecified atom stereocenters. The molecule has 0 bridgehead atoms. The summed E-state index contributed by atoms with van der Waals surface area (Å²) in [6, 6.07) is 6.38. The summed E-state index contributed by atoms with van der Waals surface area (Å²) in [4.78, 5) is 15.1. The van der Waals surface area contributed by atoms with Crippen molar-refractivity contribution in [2.24, 2.45) is 0 Å². The molecule has 1 N–H and O–H groups in total. The maximum absolute atomic E-state index is 14.7. The van der Waals surface area contributed by atoms with Crippen molar-refractivity contribution in [3.63, 3.8) is 0 Å². The monoisotopic (exact) mass is 461 g/mol. The lowest BCUT2D eigenvalue weighted by molar-refractivity contribution is 0.356. The summed E-state index contributed by atoms with van der Waals surface area (Å²) < 4.78 is 36.3. The second-order valence-corrected chi connectivity index (χ2v) is 8.28. The first-order valence-electron chi connectivity index (χ1n) is 10.7. The number of fused-ring (bicyclic) bond motifs is 2. The molecule has 0 amide bonds. The van der Waals surface area contributed by atoms with Crippen LogP contribution in [0.2, 0.25) is 0 Å². The molecule has 0 radical (unpaired) electrons. The Kier molecular flexibility index (Phi) is 5.55. The summed E-state index contributed by atoms with van der Waals surface area (Å²) in [6.07, 6.45) is 5.17. The van der Waals surface area contributed by atoms with Crippen molar-refractivity contribution < 1.29 is 13.5 Å². The van der Waals surface area contributed by atoms with Crippen LogP contribution in [0.15, 0.2) is 36.8 Å². The minimum Gasteiger partial charge on any atom is -0.493 e. The fourth-order valence-electron chi connectivity index (χ4n) is 4.08. The van der Waals surface area contributed by atoms with Crippen LogP contribution in [0.3, 0.4) is 0 Å². The normalized spacial score (nSPS) is 12.6. The topological polar surface area (TPSA) is 91.4 Å². The maximum atomic E-state index is 14.7. The number of hydrogen-bond acceptors (Lipinski definition) is 7. The van der Waals surface area contributed by atoms with Gasteiger partial charge in [0, 0.05) is 54.7 Å². The third kappa shape index (κ3) is 3.91. The van der Waals surface area contributed by atoms with Gasteiger partial charge < -0.3 is 15.0 Å². The van der Waals surface area contributed by atoms with Crippen LogP contribution in [-0.4, -0.2) is 45.0 Å². The van der Waals surface area contributed by atoms with E-state index >= 15 is 0 Å². The first-order valence-corrected chi connectivity index (χ1v) is 10.7. The Balaban J connectivity index is 1.51. The van der Waals surface area contributed by atoms with Crippen LogP contribution in [0.25, 0.3) is 16.9 Å². The first-order chi connectivity index (χ1) is 16.4. The third-order valence-electron chi connectivity index (χ3n) is 5.66. The van der Waals surface area contributed by atoms with Gasteiger partial charge in [0.25, 0.3) is 0 Å². The van der Waals surface area contributed by atoms with Gasteiger partial charge in [0.2, 0.25) is 5.95 Å². The van der Waals surface area contributed by atoms with Crippen LogP contribution in [0.1, 0.15) is 22.4 Å². The van der Waals surface area contributed by atoms with Gasteiger partial charge in [0.15, 0.2) is 11.3 Å². The summed E-state index contributed by atoms with van der Waals surface area (Å²) >= 11 is 0. The van der Waals surface area contributed by atoms with Crippen LogP contribution >= 0.6 is 0 Å². The van der Waals surface area contributed by atoms with E-state index < -0.39 is 0 Å². The van der Waals surface area contributed by atoms with E-state index in [0.29, 0.717) is 59.3 Å².